The number of nitrogens with zero attached hydrogens (tertiary/aromatic N) is 2. The van der Waals surface area contributed by atoms with Crippen molar-refractivity contribution in [2.45, 2.75) is 6.54 Å². The highest BCUT2D eigenvalue weighted by Gasteiger charge is 2.04. The maximum absolute atomic E-state index is 11.3. The molecule has 1 aromatic heterocycles. The normalized spacial score (nSPS) is 9.69. The number of hydrazine groups is 1. The lowest BCUT2D eigenvalue weighted by molar-refractivity contribution is -0.121. The van der Waals surface area contributed by atoms with E-state index in [0.29, 0.717) is 3.57 Å². The Morgan fingerprint density at radius 3 is 3.08 bits per heavy atom. The maximum atomic E-state index is 11.3. The zero-order valence-corrected chi connectivity index (χ0v) is 8.69. The fraction of sp³-hybridized carbons (Fsp3) is 0.167. The van der Waals surface area contributed by atoms with Gasteiger partial charge in [0.05, 0.1) is 9.90 Å². The minimum absolute atomic E-state index is 0.112. The van der Waals surface area contributed by atoms with Crippen LogP contribution in [0.15, 0.2) is 17.3 Å². The van der Waals surface area contributed by atoms with Gasteiger partial charge in [0.15, 0.2) is 0 Å². The molecule has 1 amide bonds. The summed E-state index contributed by atoms with van der Waals surface area (Å²) in [5.74, 6) is 4.43. The highest BCUT2D eigenvalue weighted by atomic mass is 127. The standard InChI is InChI=1S/C6H7IN4O2/c7-4-1-9-3-11(6(4)13)2-5(12)10-8/h1,3H,2,8H2,(H,10,12). The van der Waals surface area contributed by atoms with Gasteiger partial charge in [-0.15, -0.1) is 0 Å². The summed E-state index contributed by atoms with van der Waals surface area (Å²) in [5, 5.41) is 0. The van der Waals surface area contributed by atoms with Gasteiger partial charge in [0.1, 0.15) is 6.54 Å². The number of carbonyl (C=O) groups is 1. The minimum atomic E-state index is -0.439. The number of amides is 1. The van der Waals surface area contributed by atoms with Crippen molar-refractivity contribution in [3.05, 3.63) is 26.4 Å². The fourth-order valence-electron chi connectivity index (χ4n) is 0.737. The van der Waals surface area contributed by atoms with Gasteiger partial charge in [-0.1, -0.05) is 0 Å². The molecule has 0 aromatic carbocycles. The summed E-state index contributed by atoms with van der Waals surface area (Å²) in [6, 6.07) is 0. The molecule has 0 bridgehead atoms. The SMILES string of the molecule is NNC(=O)Cn1cncc(I)c1=O. The van der Waals surface area contributed by atoms with E-state index in [0.717, 1.165) is 0 Å². The number of nitrogens with two attached hydrogens (primary N) is 1. The first kappa shape index (κ1) is 10.1. The van der Waals surface area contributed by atoms with Gasteiger partial charge in [0, 0.05) is 6.20 Å². The smallest absolute Gasteiger partial charge is 0.267 e. The summed E-state index contributed by atoms with van der Waals surface area (Å²) < 4.78 is 1.65. The number of hydrogen-bond donors (Lipinski definition) is 2. The Morgan fingerprint density at radius 1 is 1.77 bits per heavy atom. The van der Waals surface area contributed by atoms with E-state index in [2.05, 4.69) is 4.98 Å². The molecule has 7 heteroatoms. The number of carbonyl (C=O) groups excluding carboxylic acids is 1. The molecule has 0 radical (unpaired) electrons. The van der Waals surface area contributed by atoms with E-state index < -0.39 is 5.91 Å². The van der Waals surface area contributed by atoms with Crippen LogP contribution in [0.25, 0.3) is 0 Å². The molecule has 70 valence electrons. The van der Waals surface area contributed by atoms with Crippen LogP contribution in [0, 0.1) is 3.57 Å². The molecule has 0 aliphatic heterocycles. The summed E-state index contributed by atoms with van der Waals surface area (Å²) in [6.45, 7) is -0.112. The Bertz CT molecular complexity index is 375. The molecular formula is C6H7IN4O2. The van der Waals surface area contributed by atoms with Crippen LogP contribution in [0.3, 0.4) is 0 Å². The van der Waals surface area contributed by atoms with Gasteiger partial charge in [-0.05, 0) is 22.6 Å². The van der Waals surface area contributed by atoms with Gasteiger partial charge < -0.3 is 0 Å². The molecule has 1 aromatic rings. The van der Waals surface area contributed by atoms with Crippen molar-refractivity contribution < 1.29 is 4.79 Å². The first-order valence-corrected chi connectivity index (χ1v) is 4.42. The average molecular weight is 294 g/mol. The fourth-order valence-corrected chi connectivity index (χ4v) is 1.21. The Morgan fingerprint density at radius 2 is 2.46 bits per heavy atom. The highest BCUT2D eigenvalue weighted by Crippen LogP contribution is 1.92. The molecule has 3 N–H and O–H groups in total. The van der Waals surface area contributed by atoms with E-state index in [1.54, 1.807) is 0 Å². The first-order chi connectivity index (χ1) is 6.15. The Balaban J connectivity index is 2.96. The van der Waals surface area contributed by atoms with Crippen molar-refractivity contribution in [2.75, 3.05) is 0 Å². The van der Waals surface area contributed by atoms with Crippen molar-refractivity contribution in [1.82, 2.24) is 15.0 Å². The third-order valence-corrected chi connectivity index (χ3v) is 2.07. The average Bonchev–Trinajstić information content (AvgIpc) is 2.13. The zero-order chi connectivity index (χ0) is 9.84. The van der Waals surface area contributed by atoms with Crippen LogP contribution in [0.5, 0.6) is 0 Å². The van der Waals surface area contributed by atoms with Crippen LogP contribution in [-0.4, -0.2) is 15.5 Å². The van der Waals surface area contributed by atoms with E-state index in [-0.39, 0.29) is 12.1 Å². The lowest BCUT2D eigenvalue weighted by Gasteiger charge is -2.02. The molecule has 0 spiro atoms. The first-order valence-electron chi connectivity index (χ1n) is 3.34. The van der Waals surface area contributed by atoms with Crippen molar-refractivity contribution in [3.8, 4) is 0 Å². The lowest BCUT2D eigenvalue weighted by atomic mass is 10.5. The van der Waals surface area contributed by atoms with E-state index in [9.17, 15) is 9.59 Å². The lowest BCUT2D eigenvalue weighted by Crippen LogP contribution is -2.36. The zero-order valence-electron chi connectivity index (χ0n) is 6.53. The van der Waals surface area contributed by atoms with Crippen LogP contribution >= 0.6 is 22.6 Å². The van der Waals surface area contributed by atoms with E-state index >= 15 is 0 Å². The van der Waals surface area contributed by atoms with Crippen LogP contribution in [-0.2, 0) is 11.3 Å². The van der Waals surface area contributed by atoms with Gasteiger partial charge in [-0.25, -0.2) is 10.8 Å². The van der Waals surface area contributed by atoms with E-state index in [4.69, 9.17) is 5.84 Å². The molecule has 13 heavy (non-hydrogen) atoms. The highest BCUT2D eigenvalue weighted by molar-refractivity contribution is 14.1. The molecule has 6 nitrogen and oxygen atoms in total. The van der Waals surface area contributed by atoms with Gasteiger partial charge in [-0.3, -0.25) is 19.6 Å². The topological polar surface area (TPSA) is 90.0 Å². The molecular weight excluding hydrogens is 287 g/mol. The Hall–Kier alpha value is -0.960. The van der Waals surface area contributed by atoms with Crippen LogP contribution in [0.2, 0.25) is 0 Å². The third-order valence-electron chi connectivity index (χ3n) is 1.33. The molecule has 1 rings (SSSR count). The number of nitrogens with one attached hydrogen (secondary N) is 1. The molecule has 0 aliphatic rings. The molecule has 0 fully saturated rings. The van der Waals surface area contributed by atoms with E-state index in [1.165, 1.54) is 17.1 Å². The Labute approximate surface area is 87.3 Å². The number of rotatable bonds is 2. The largest absolute Gasteiger partial charge is 0.293 e. The van der Waals surface area contributed by atoms with Crippen LogP contribution in [0.1, 0.15) is 0 Å². The van der Waals surface area contributed by atoms with Gasteiger partial charge in [0.2, 0.25) is 0 Å². The maximum Gasteiger partial charge on any atom is 0.267 e. The molecule has 0 saturated heterocycles. The van der Waals surface area contributed by atoms with Gasteiger partial charge in [0.25, 0.3) is 11.5 Å². The second kappa shape index (κ2) is 4.33. The predicted molar refractivity (Wildman–Crippen MR) is 53.5 cm³/mol. The van der Waals surface area contributed by atoms with Crippen LogP contribution in [0.4, 0.5) is 0 Å². The van der Waals surface area contributed by atoms with Crippen LogP contribution < -0.4 is 16.8 Å². The number of aromatic nitrogens is 2. The minimum Gasteiger partial charge on any atom is -0.293 e. The number of halogens is 1. The summed E-state index contributed by atoms with van der Waals surface area (Å²) in [7, 11) is 0. The summed E-state index contributed by atoms with van der Waals surface area (Å²) in [5.41, 5.74) is 1.68. The van der Waals surface area contributed by atoms with Crippen molar-refractivity contribution in [2.24, 2.45) is 5.84 Å². The van der Waals surface area contributed by atoms with Crippen molar-refractivity contribution >= 4 is 28.5 Å². The molecule has 0 unspecified atom stereocenters. The van der Waals surface area contributed by atoms with Gasteiger partial charge >= 0.3 is 0 Å². The molecule has 1 heterocycles. The molecule has 0 atom stereocenters. The summed E-state index contributed by atoms with van der Waals surface area (Å²) in [4.78, 5) is 25.9. The third kappa shape index (κ3) is 2.49. The van der Waals surface area contributed by atoms with Crippen molar-refractivity contribution in [1.29, 1.82) is 0 Å². The number of hydrogen-bond acceptors (Lipinski definition) is 4. The van der Waals surface area contributed by atoms with Gasteiger partial charge in [-0.2, -0.15) is 0 Å². The van der Waals surface area contributed by atoms with E-state index in [1.807, 2.05) is 28.0 Å². The molecule has 0 aliphatic carbocycles. The molecule has 0 saturated carbocycles. The monoisotopic (exact) mass is 294 g/mol. The van der Waals surface area contributed by atoms with Crippen molar-refractivity contribution in [3.63, 3.8) is 0 Å². The summed E-state index contributed by atoms with van der Waals surface area (Å²) >= 11 is 1.85. The second-order valence-corrected chi connectivity index (χ2v) is 3.40. The predicted octanol–water partition coefficient (Wildman–Crippen LogP) is -1.16. The quantitative estimate of drug-likeness (QED) is 0.311. The summed E-state index contributed by atoms with van der Waals surface area (Å²) in [6.07, 6.45) is 2.72. The second-order valence-electron chi connectivity index (χ2n) is 2.24. The Kier molecular flexibility index (Phi) is 3.37.